The lowest BCUT2D eigenvalue weighted by molar-refractivity contribution is -0.384. The van der Waals surface area contributed by atoms with Crippen LogP contribution in [0.4, 0.5) is 11.5 Å². The van der Waals surface area contributed by atoms with Crippen LogP contribution in [0.15, 0.2) is 6.20 Å². The summed E-state index contributed by atoms with van der Waals surface area (Å²) >= 11 is 0. The van der Waals surface area contributed by atoms with E-state index in [1.165, 1.54) is 13.1 Å². The van der Waals surface area contributed by atoms with Gasteiger partial charge in [-0.05, 0) is 6.92 Å². The number of rotatable bonds is 1. The zero-order valence-corrected chi connectivity index (χ0v) is 6.81. The third-order valence-electron chi connectivity index (χ3n) is 1.64. The number of nitro groups is 1. The number of hydrogen-bond acceptors (Lipinski definition) is 5. The van der Waals surface area contributed by atoms with E-state index in [-0.39, 0.29) is 22.6 Å². The van der Waals surface area contributed by atoms with Gasteiger partial charge in [-0.3, -0.25) is 10.1 Å². The van der Waals surface area contributed by atoms with Crippen LogP contribution in [0.2, 0.25) is 0 Å². The summed E-state index contributed by atoms with van der Waals surface area (Å²) in [6.45, 7) is 1.47. The maximum absolute atomic E-state index is 10.5. The number of pyridine rings is 1. The molecule has 0 aliphatic heterocycles. The van der Waals surface area contributed by atoms with Crippen LogP contribution in [0.5, 0.6) is 0 Å². The summed E-state index contributed by atoms with van der Waals surface area (Å²) in [5.74, 6) is -0.165. The molecule has 0 saturated heterocycles. The highest BCUT2D eigenvalue weighted by Crippen LogP contribution is 2.25. The number of nitrogens with two attached hydrogens (primary N) is 1. The van der Waals surface area contributed by atoms with Crippen LogP contribution in [0.3, 0.4) is 0 Å². The van der Waals surface area contributed by atoms with Gasteiger partial charge in [0, 0.05) is 6.20 Å². The highest BCUT2D eigenvalue weighted by Gasteiger charge is 2.19. The third-order valence-corrected chi connectivity index (χ3v) is 1.64. The van der Waals surface area contributed by atoms with Gasteiger partial charge in [-0.2, -0.15) is 5.26 Å². The molecule has 0 bridgehead atoms. The lowest BCUT2D eigenvalue weighted by atomic mass is 10.1. The molecule has 1 aromatic heterocycles. The predicted molar refractivity (Wildman–Crippen MR) is 44.8 cm³/mol. The molecule has 0 aliphatic rings. The molecule has 66 valence electrons. The van der Waals surface area contributed by atoms with E-state index in [0.29, 0.717) is 0 Å². The Labute approximate surface area is 73.8 Å². The summed E-state index contributed by atoms with van der Waals surface area (Å²) in [5, 5.41) is 19.0. The number of nitrogen functional groups attached to an aromatic ring is 1. The van der Waals surface area contributed by atoms with Gasteiger partial charge in [-0.25, -0.2) is 4.98 Å². The molecule has 0 atom stereocenters. The third kappa shape index (κ3) is 1.39. The lowest BCUT2D eigenvalue weighted by Gasteiger charge is -2.00. The van der Waals surface area contributed by atoms with E-state index in [0.717, 1.165) is 0 Å². The summed E-state index contributed by atoms with van der Waals surface area (Å²) in [7, 11) is 0. The Hall–Kier alpha value is -2.16. The van der Waals surface area contributed by atoms with Crippen molar-refractivity contribution in [2.75, 3.05) is 5.73 Å². The molecule has 1 heterocycles. The number of nitriles is 1. The van der Waals surface area contributed by atoms with Crippen LogP contribution in [0, 0.1) is 28.4 Å². The predicted octanol–water partition coefficient (Wildman–Crippen LogP) is 0.752. The van der Waals surface area contributed by atoms with Crippen molar-refractivity contribution < 1.29 is 4.92 Å². The molecule has 6 nitrogen and oxygen atoms in total. The number of aromatic nitrogens is 1. The zero-order chi connectivity index (χ0) is 10.0. The Morgan fingerprint density at radius 2 is 2.38 bits per heavy atom. The average Bonchev–Trinajstić information content (AvgIpc) is 2.04. The SMILES string of the molecule is Cc1c(C#N)cnc(N)c1[N+](=O)[O-]. The molecule has 1 rings (SSSR count). The fourth-order valence-electron chi connectivity index (χ4n) is 0.955. The summed E-state index contributed by atoms with van der Waals surface area (Å²) in [6, 6.07) is 1.80. The molecule has 13 heavy (non-hydrogen) atoms. The Kier molecular flexibility index (Phi) is 2.11. The van der Waals surface area contributed by atoms with Crippen molar-refractivity contribution in [3.05, 3.63) is 27.4 Å². The number of nitrogens with zero attached hydrogens (tertiary/aromatic N) is 3. The van der Waals surface area contributed by atoms with Crippen molar-refractivity contribution >= 4 is 11.5 Å². The Bertz CT molecular complexity index is 408. The molecule has 2 N–H and O–H groups in total. The standard InChI is InChI=1S/C7H6N4O2/c1-4-5(2-8)3-10-7(9)6(4)11(12)13/h3H,1H3,(H2,9,10). The van der Waals surface area contributed by atoms with Gasteiger partial charge < -0.3 is 5.73 Å². The van der Waals surface area contributed by atoms with Gasteiger partial charge >= 0.3 is 5.69 Å². The molecule has 1 aromatic rings. The van der Waals surface area contributed by atoms with Gasteiger partial charge in [0.15, 0.2) is 0 Å². The molecule has 0 aliphatic carbocycles. The van der Waals surface area contributed by atoms with Gasteiger partial charge in [0.05, 0.1) is 16.1 Å². The van der Waals surface area contributed by atoms with Crippen LogP contribution in [-0.4, -0.2) is 9.91 Å². The summed E-state index contributed by atoms with van der Waals surface area (Å²) in [6.07, 6.45) is 1.22. The van der Waals surface area contributed by atoms with E-state index in [1.54, 1.807) is 6.07 Å². The Morgan fingerprint density at radius 3 is 2.85 bits per heavy atom. The van der Waals surface area contributed by atoms with Gasteiger partial charge in [0.2, 0.25) is 5.82 Å². The smallest absolute Gasteiger partial charge is 0.315 e. The fourth-order valence-corrected chi connectivity index (χ4v) is 0.955. The monoisotopic (exact) mass is 178 g/mol. The van der Waals surface area contributed by atoms with Gasteiger partial charge in [-0.1, -0.05) is 0 Å². The van der Waals surface area contributed by atoms with Crippen molar-refractivity contribution in [2.24, 2.45) is 0 Å². The summed E-state index contributed by atoms with van der Waals surface area (Å²) in [4.78, 5) is 13.4. The average molecular weight is 178 g/mol. The summed E-state index contributed by atoms with van der Waals surface area (Å²) in [5.41, 5.74) is 5.41. The van der Waals surface area contributed by atoms with E-state index >= 15 is 0 Å². The number of hydrogen-bond donors (Lipinski definition) is 1. The molecule has 0 amide bonds. The maximum atomic E-state index is 10.5. The first-order valence-corrected chi connectivity index (χ1v) is 3.37. The van der Waals surface area contributed by atoms with Crippen molar-refractivity contribution in [3.63, 3.8) is 0 Å². The molecular formula is C7H6N4O2. The van der Waals surface area contributed by atoms with Crippen molar-refractivity contribution in [3.8, 4) is 6.07 Å². The minimum atomic E-state index is -0.640. The van der Waals surface area contributed by atoms with Gasteiger partial charge in [0.1, 0.15) is 6.07 Å². The zero-order valence-electron chi connectivity index (χ0n) is 6.81. The molecular weight excluding hydrogens is 172 g/mol. The molecule has 0 fully saturated rings. The van der Waals surface area contributed by atoms with E-state index in [4.69, 9.17) is 11.0 Å². The van der Waals surface area contributed by atoms with Crippen molar-refractivity contribution in [2.45, 2.75) is 6.92 Å². The van der Waals surface area contributed by atoms with Gasteiger partial charge in [0.25, 0.3) is 0 Å². The first-order chi connectivity index (χ1) is 6.07. The number of anilines is 1. The first-order valence-electron chi connectivity index (χ1n) is 3.37. The normalized spacial score (nSPS) is 9.23. The van der Waals surface area contributed by atoms with Crippen LogP contribution in [-0.2, 0) is 0 Å². The molecule has 0 spiro atoms. The van der Waals surface area contributed by atoms with Crippen molar-refractivity contribution in [1.82, 2.24) is 4.98 Å². The molecule has 6 heteroatoms. The fraction of sp³-hybridized carbons (Fsp3) is 0.143. The highest BCUT2D eigenvalue weighted by atomic mass is 16.6. The topological polar surface area (TPSA) is 106 Å². The molecule has 0 saturated carbocycles. The summed E-state index contributed by atoms with van der Waals surface area (Å²) < 4.78 is 0. The largest absolute Gasteiger partial charge is 0.378 e. The van der Waals surface area contributed by atoms with Crippen LogP contribution in [0.1, 0.15) is 11.1 Å². The minimum absolute atomic E-state index is 0.165. The second-order valence-corrected chi connectivity index (χ2v) is 2.40. The molecule has 0 unspecified atom stereocenters. The maximum Gasteiger partial charge on any atom is 0.315 e. The van der Waals surface area contributed by atoms with Gasteiger partial charge in [-0.15, -0.1) is 0 Å². The quantitative estimate of drug-likeness (QED) is 0.504. The molecule has 0 radical (unpaired) electrons. The highest BCUT2D eigenvalue weighted by molar-refractivity contribution is 5.61. The van der Waals surface area contributed by atoms with E-state index in [2.05, 4.69) is 4.98 Å². The van der Waals surface area contributed by atoms with Crippen LogP contribution >= 0.6 is 0 Å². The van der Waals surface area contributed by atoms with Crippen LogP contribution < -0.4 is 5.73 Å². The van der Waals surface area contributed by atoms with Crippen molar-refractivity contribution in [1.29, 1.82) is 5.26 Å². The Balaban J connectivity index is 3.50. The second-order valence-electron chi connectivity index (χ2n) is 2.40. The van der Waals surface area contributed by atoms with E-state index < -0.39 is 4.92 Å². The van der Waals surface area contributed by atoms with E-state index in [1.807, 2.05) is 0 Å². The van der Waals surface area contributed by atoms with E-state index in [9.17, 15) is 10.1 Å². The lowest BCUT2D eigenvalue weighted by Crippen LogP contribution is -2.02. The first kappa shape index (κ1) is 8.93. The molecule has 0 aromatic carbocycles. The minimum Gasteiger partial charge on any atom is -0.378 e. The Morgan fingerprint density at radius 1 is 1.77 bits per heavy atom. The second kappa shape index (κ2) is 3.06. The van der Waals surface area contributed by atoms with Crippen LogP contribution in [0.25, 0.3) is 0 Å².